The summed E-state index contributed by atoms with van der Waals surface area (Å²) in [5, 5.41) is 0. The lowest BCUT2D eigenvalue weighted by molar-refractivity contribution is -0.150. The Morgan fingerprint density at radius 2 is 2.08 bits per heavy atom. The van der Waals surface area contributed by atoms with Crippen molar-refractivity contribution < 1.29 is 19.1 Å². The molecular formula is C18H24N2O4. The van der Waals surface area contributed by atoms with Crippen molar-refractivity contribution in [3.05, 3.63) is 30.3 Å². The highest BCUT2D eigenvalue weighted by molar-refractivity contribution is 5.89. The van der Waals surface area contributed by atoms with Gasteiger partial charge in [-0.1, -0.05) is 18.2 Å². The van der Waals surface area contributed by atoms with Gasteiger partial charge in [-0.2, -0.15) is 0 Å². The van der Waals surface area contributed by atoms with E-state index in [2.05, 4.69) is 4.90 Å². The number of piperidine rings is 1. The van der Waals surface area contributed by atoms with E-state index < -0.39 is 0 Å². The third-order valence-corrected chi connectivity index (χ3v) is 4.53. The number of carbonyl (C=O) groups is 2. The van der Waals surface area contributed by atoms with Crippen LogP contribution in [0.1, 0.15) is 19.8 Å². The molecular weight excluding hydrogens is 308 g/mol. The van der Waals surface area contributed by atoms with Gasteiger partial charge in [0.15, 0.2) is 0 Å². The molecule has 0 N–H and O–H groups in total. The molecule has 0 aromatic heterocycles. The van der Waals surface area contributed by atoms with Gasteiger partial charge in [0.2, 0.25) is 0 Å². The van der Waals surface area contributed by atoms with Crippen LogP contribution in [0, 0.1) is 5.92 Å². The molecule has 0 bridgehead atoms. The predicted octanol–water partition coefficient (Wildman–Crippen LogP) is 2.29. The first kappa shape index (κ1) is 16.8. The molecule has 2 aliphatic rings. The Morgan fingerprint density at radius 1 is 1.29 bits per heavy atom. The monoisotopic (exact) mass is 332 g/mol. The molecule has 6 heteroatoms. The zero-order valence-electron chi connectivity index (χ0n) is 14.0. The van der Waals surface area contributed by atoms with Gasteiger partial charge in [0.05, 0.1) is 19.1 Å². The smallest absolute Gasteiger partial charge is 0.414 e. The number of esters is 1. The summed E-state index contributed by atoms with van der Waals surface area (Å²) in [5.41, 5.74) is 0.855. The van der Waals surface area contributed by atoms with Gasteiger partial charge in [-0.25, -0.2) is 4.79 Å². The van der Waals surface area contributed by atoms with Crippen molar-refractivity contribution in [3.63, 3.8) is 0 Å². The maximum Gasteiger partial charge on any atom is 0.414 e. The van der Waals surface area contributed by atoms with Crippen LogP contribution in [0.3, 0.4) is 0 Å². The largest absolute Gasteiger partial charge is 0.466 e. The molecule has 2 heterocycles. The summed E-state index contributed by atoms with van der Waals surface area (Å²) >= 11 is 0. The van der Waals surface area contributed by atoms with Gasteiger partial charge >= 0.3 is 12.1 Å². The summed E-state index contributed by atoms with van der Waals surface area (Å²) in [6.07, 6.45) is 1.37. The molecule has 0 aliphatic carbocycles. The lowest BCUT2D eigenvalue weighted by Gasteiger charge is -2.32. The second-order valence-corrected chi connectivity index (χ2v) is 6.30. The van der Waals surface area contributed by atoms with E-state index in [9.17, 15) is 9.59 Å². The van der Waals surface area contributed by atoms with Crippen LogP contribution in [0.25, 0.3) is 0 Å². The molecule has 1 aromatic carbocycles. The first-order valence-electron chi connectivity index (χ1n) is 8.59. The number of nitrogens with zero attached hydrogens (tertiary/aromatic N) is 2. The number of cyclic esters (lactones) is 1. The SMILES string of the molecule is CCOC(=O)C1CCCN(CC2CN(c3ccccc3)C(=O)O2)C1. The lowest BCUT2D eigenvalue weighted by atomic mass is 9.98. The van der Waals surface area contributed by atoms with Crippen LogP contribution in [0.4, 0.5) is 10.5 Å². The average molecular weight is 332 g/mol. The Balaban J connectivity index is 1.55. The molecule has 3 rings (SSSR count). The summed E-state index contributed by atoms with van der Waals surface area (Å²) in [6, 6.07) is 9.54. The Morgan fingerprint density at radius 3 is 2.83 bits per heavy atom. The highest BCUT2D eigenvalue weighted by Gasteiger charge is 2.35. The maximum absolute atomic E-state index is 12.1. The lowest BCUT2D eigenvalue weighted by Crippen LogP contribution is -2.43. The van der Waals surface area contributed by atoms with Crippen LogP contribution >= 0.6 is 0 Å². The van der Waals surface area contributed by atoms with E-state index in [1.54, 1.807) is 4.90 Å². The van der Waals surface area contributed by atoms with Crippen molar-refractivity contribution in [3.8, 4) is 0 Å². The van der Waals surface area contributed by atoms with E-state index in [4.69, 9.17) is 9.47 Å². The highest BCUT2D eigenvalue weighted by Crippen LogP contribution is 2.23. The second kappa shape index (κ2) is 7.66. The first-order valence-corrected chi connectivity index (χ1v) is 8.59. The van der Waals surface area contributed by atoms with E-state index in [1.165, 1.54) is 0 Å². The highest BCUT2D eigenvalue weighted by atomic mass is 16.6. The van der Waals surface area contributed by atoms with Crippen molar-refractivity contribution in [2.75, 3.05) is 37.7 Å². The molecule has 130 valence electrons. The Hall–Kier alpha value is -2.08. The third kappa shape index (κ3) is 3.87. The fourth-order valence-corrected chi connectivity index (χ4v) is 3.40. The number of hydrogen-bond acceptors (Lipinski definition) is 5. The minimum atomic E-state index is -0.301. The van der Waals surface area contributed by atoms with Gasteiger partial charge in [0.25, 0.3) is 0 Å². The zero-order chi connectivity index (χ0) is 16.9. The van der Waals surface area contributed by atoms with Crippen molar-refractivity contribution in [2.24, 2.45) is 5.92 Å². The topological polar surface area (TPSA) is 59.1 Å². The quantitative estimate of drug-likeness (QED) is 0.774. The number of hydrogen-bond donors (Lipinski definition) is 0. The second-order valence-electron chi connectivity index (χ2n) is 6.30. The van der Waals surface area contributed by atoms with E-state index in [-0.39, 0.29) is 24.1 Å². The van der Waals surface area contributed by atoms with Crippen molar-refractivity contribution in [1.82, 2.24) is 4.90 Å². The fraction of sp³-hybridized carbons (Fsp3) is 0.556. The number of para-hydroxylation sites is 1. The normalized spacial score (nSPS) is 24.7. The minimum absolute atomic E-state index is 0.0685. The van der Waals surface area contributed by atoms with E-state index in [0.29, 0.717) is 26.2 Å². The van der Waals surface area contributed by atoms with Gasteiger partial charge in [0.1, 0.15) is 6.10 Å². The number of amides is 1. The molecule has 6 nitrogen and oxygen atoms in total. The molecule has 0 spiro atoms. The van der Waals surface area contributed by atoms with Crippen LogP contribution < -0.4 is 4.90 Å². The average Bonchev–Trinajstić information content (AvgIpc) is 2.96. The minimum Gasteiger partial charge on any atom is -0.466 e. The summed E-state index contributed by atoms with van der Waals surface area (Å²) < 4.78 is 10.6. The summed E-state index contributed by atoms with van der Waals surface area (Å²) in [6.45, 7) is 5.05. The Kier molecular flexibility index (Phi) is 5.35. The van der Waals surface area contributed by atoms with E-state index in [0.717, 1.165) is 25.1 Å². The van der Waals surface area contributed by atoms with E-state index in [1.807, 2.05) is 37.3 Å². The molecule has 2 fully saturated rings. The number of rotatable bonds is 5. The number of likely N-dealkylation sites (tertiary alicyclic amines) is 1. The van der Waals surface area contributed by atoms with Crippen LogP contribution in [0.5, 0.6) is 0 Å². The Bertz CT molecular complexity index is 578. The Labute approximate surface area is 142 Å². The van der Waals surface area contributed by atoms with Crippen LogP contribution in [0.15, 0.2) is 30.3 Å². The third-order valence-electron chi connectivity index (χ3n) is 4.53. The summed E-state index contributed by atoms with van der Waals surface area (Å²) in [5.74, 6) is -0.183. The van der Waals surface area contributed by atoms with Gasteiger partial charge in [0, 0.05) is 18.8 Å². The number of benzene rings is 1. The molecule has 2 atom stereocenters. The summed E-state index contributed by atoms with van der Waals surface area (Å²) in [7, 11) is 0. The summed E-state index contributed by atoms with van der Waals surface area (Å²) in [4.78, 5) is 27.9. The van der Waals surface area contributed by atoms with Crippen molar-refractivity contribution in [2.45, 2.75) is 25.9 Å². The fourth-order valence-electron chi connectivity index (χ4n) is 3.40. The van der Waals surface area contributed by atoms with E-state index >= 15 is 0 Å². The van der Waals surface area contributed by atoms with Gasteiger partial charge in [-0.15, -0.1) is 0 Å². The van der Waals surface area contributed by atoms with Gasteiger partial charge in [-0.05, 0) is 38.4 Å². The molecule has 0 saturated carbocycles. The zero-order valence-corrected chi connectivity index (χ0v) is 14.0. The molecule has 24 heavy (non-hydrogen) atoms. The number of carbonyl (C=O) groups excluding carboxylic acids is 2. The van der Waals surface area contributed by atoms with Gasteiger partial charge in [-0.3, -0.25) is 14.6 Å². The van der Waals surface area contributed by atoms with Crippen molar-refractivity contribution >= 4 is 17.7 Å². The number of ether oxygens (including phenoxy) is 2. The predicted molar refractivity (Wildman–Crippen MR) is 89.9 cm³/mol. The van der Waals surface area contributed by atoms with Crippen molar-refractivity contribution in [1.29, 1.82) is 0 Å². The number of anilines is 1. The molecule has 2 aliphatic heterocycles. The van der Waals surface area contributed by atoms with Gasteiger partial charge < -0.3 is 9.47 Å². The van der Waals surface area contributed by atoms with Crippen LogP contribution in [-0.4, -0.2) is 55.9 Å². The maximum atomic E-state index is 12.1. The molecule has 1 amide bonds. The molecule has 2 unspecified atom stereocenters. The molecule has 1 aromatic rings. The standard InChI is InChI=1S/C18H24N2O4/c1-2-23-17(21)14-7-6-10-19(11-14)12-16-13-20(18(22)24-16)15-8-4-3-5-9-15/h3-5,8-9,14,16H,2,6-7,10-13H2,1H3. The van der Waals surface area contributed by atoms with Crippen LogP contribution in [-0.2, 0) is 14.3 Å². The molecule has 2 saturated heterocycles. The first-order chi connectivity index (χ1) is 11.7. The molecule has 0 radical (unpaired) electrons. The van der Waals surface area contributed by atoms with Crippen LogP contribution in [0.2, 0.25) is 0 Å².